The summed E-state index contributed by atoms with van der Waals surface area (Å²) in [5.74, 6) is 1.19. The Labute approximate surface area is 148 Å². The highest BCUT2D eigenvalue weighted by Crippen LogP contribution is 2.33. The van der Waals surface area contributed by atoms with Crippen molar-refractivity contribution in [1.29, 1.82) is 0 Å². The largest absolute Gasteiger partial charge is 0.353 e. The summed E-state index contributed by atoms with van der Waals surface area (Å²) in [7, 11) is 2.12. The molecule has 1 unspecified atom stereocenters. The minimum absolute atomic E-state index is 0.389. The van der Waals surface area contributed by atoms with E-state index >= 15 is 0 Å². The second-order valence-electron chi connectivity index (χ2n) is 6.94. The van der Waals surface area contributed by atoms with Gasteiger partial charge in [0.25, 0.3) is 0 Å². The van der Waals surface area contributed by atoms with Crippen LogP contribution in [0.5, 0.6) is 0 Å². The zero-order valence-corrected chi connectivity index (χ0v) is 15.0. The molecule has 5 nitrogen and oxygen atoms in total. The van der Waals surface area contributed by atoms with Crippen LogP contribution in [0.4, 0.5) is 0 Å². The van der Waals surface area contributed by atoms with Crippen molar-refractivity contribution in [3.8, 4) is 0 Å². The highest BCUT2D eigenvalue weighted by molar-refractivity contribution is 5.16. The quantitative estimate of drug-likeness (QED) is 0.718. The smallest absolute Gasteiger partial charge is 0.126 e. The van der Waals surface area contributed by atoms with Crippen LogP contribution in [-0.2, 0) is 20.1 Å². The van der Waals surface area contributed by atoms with Crippen molar-refractivity contribution < 1.29 is 0 Å². The SMILES string of the molecule is Cc1cnc(C2CCCN2Cc2cccn2C)n1Cc1cccnc1. The average Bonchev–Trinajstić information content (AvgIpc) is 3.32. The van der Waals surface area contributed by atoms with Crippen LogP contribution in [0.2, 0.25) is 0 Å². The second-order valence-corrected chi connectivity index (χ2v) is 6.94. The lowest BCUT2D eigenvalue weighted by Crippen LogP contribution is -2.26. The highest BCUT2D eigenvalue weighted by atomic mass is 15.2. The van der Waals surface area contributed by atoms with Crippen molar-refractivity contribution >= 4 is 0 Å². The van der Waals surface area contributed by atoms with E-state index in [0.717, 1.165) is 19.6 Å². The van der Waals surface area contributed by atoms with Crippen molar-refractivity contribution in [3.05, 3.63) is 71.8 Å². The van der Waals surface area contributed by atoms with E-state index < -0.39 is 0 Å². The minimum Gasteiger partial charge on any atom is -0.353 e. The molecule has 3 aromatic rings. The van der Waals surface area contributed by atoms with Crippen LogP contribution < -0.4 is 0 Å². The number of likely N-dealkylation sites (tertiary alicyclic amines) is 1. The maximum Gasteiger partial charge on any atom is 0.126 e. The van der Waals surface area contributed by atoms with Gasteiger partial charge in [-0.15, -0.1) is 0 Å². The summed E-state index contributed by atoms with van der Waals surface area (Å²) >= 11 is 0. The molecule has 1 saturated heterocycles. The molecule has 1 fully saturated rings. The van der Waals surface area contributed by atoms with Crippen molar-refractivity contribution in [2.75, 3.05) is 6.54 Å². The van der Waals surface area contributed by atoms with Crippen LogP contribution in [0.15, 0.2) is 49.1 Å². The fraction of sp³-hybridized carbons (Fsp3) is 0.400. The minimum atomic E-state index is 0.389. The fourth-order valence-corrected chi connectivity index (χ4v) is 3.80. The number of aromatic nitrogens is 4. The van der Waals surface area contributed by atoms with Crippen molar-refractivity contribution in [1.82, 2.24) is 24.0 Å². The first kappa shape index (κ1) is 16.1. The average molecular weight is 335 g/mol. The van der Waals surface area contributed by atoms with Gasteiger partial charge in [0.2, 0.25) is 0 Å². The monoisotopic (exact) mass is 335 g/mol. The van der Waals surface area contributed by atoms with Gasteiger partial charge in [-0.05, 0) is 50.1 Å². The number of rotatable bonds is 5. The molecule has 130 valence electrons. The van der Waals surface area contributed by atoms with Gasteiger partial charge in [-0.2, -0.15) is 0 Å². The first-order valence-electron chi connectivity index (χ1n) is 8.97. The summed E-state index contributed by atoms with van der Waals surface area (Å²) in [6, 6.07) is 8.85. The topological polar surface area (TPSA) is 38.9 Å². The molecule has 0 spiro atoms. The molecule has 1 aliphatic rings. The maximum atomic E-state index is 4.79. The van der Waals surface area contributed by atoms with E-state index in [0.29, 0.717) is 6.04 Å². The number of aryl methyl sites for hydroxylation is 2. The molecule has 4 rings (SSSR count). The number of nitrogens with zero attached hydrogens (tertiary/aromatic N) is 5. The Morgan fingerprint density at radius 2 is 2.08 bits per heavy atom. The molecular formula is C20H25N5. The van der Waals surface area contributed by atoms with Gasteiger partial charge in [-0.25, -0.2) is 4.98 Å². The Morgan fingerprint density at radius 1 is 1.16 bits per heavy atom. The predicted molar refractivity (Wildman–Crippen MR) is 98.1 cm³/mol. The lowest BCUT2D eigenvalue weighted by atomic mass is 10.2. The van der Waals surface area contributed by atoms with Crippen molar-refractivity contribution in [2.45, 2.75) is 38.9 Å². The Kier molecular flexibility index (Phi) is 4.40. The number of hydrogen-bond acceptors (Lipinski definition) is 3. The zero-order valence-electron chi connectivity index (χ0n) is 15.0. The molecule has 25 heavy (non-hydrogen) atoms. The number of imidazole rings is 1. The number of pyridine rings is 1. The lowest BCUT2D eigenvalue weighted by Gasteiger charge is -2.25. The van der Waals surface area contributed by atoms with E-state index in [-0.39, 0.29) is 0 Å². The summed E-state index contributed by atoms with van der Waals surface area (Å²) < 4.78 is 4.56. The van der Waals surface area contributed by atoms with E-state index in [9.17, 15) is 0 Å². The van der Waals surface area contributed by atoms with Gasteiger partial charge >= 0.3 is 0 Å². The molecule has 5 heteroatoms. The van der Waals surface area contributed by atoms with Gasteiger partial charge in [0.05, 0.1) is 12.6 Å². The molecule has 1 atom stereocenters. The number of hydrogen-bond donors (Lipinski definition) is 0. The van der Waals surface area contributed by atoms with Crippen molar-refractivity contribution in [3.63, 3.8) is 0 Å². The first-order valence-corrected chi connectivity index (χ1v) is 8.97. The molecule has 0 saturated carbocycles. The Balaban J connectivity index is 1.59. The summed E-state index contributed by atoms with van der Waals surface area (Å²) in [5, 5.41) is 0. The Hall–Kier alpha value is -2.40. The summed E-state index contributed by atoms with van der Waals surface area (Å²) in [4.78, 5) is 11.6. The van der Waals surface area contributed by atoms with Crippen molar-refractivity contribution in [2.24, 2.45) is 7.05 Å². The van der Waals surface area contributed by atoms with Gasteiger partial charge in [-0.1, -0.05) is 6.07 Å². The third-order valence-corrected chi connectivity index (χ3v) is 5.23. The molecule has 4 heterocycles. The van der Waals surface area contributed by atoms with Crippen LogP contribution in [0.3, 0.4) is 0 Å². The normalized spacial score (nSPS) is 18.1. The Bertz CT molecular complexity index is 833. The molecule has 0 radical (unpaired) electrons. The molecular weight excluding hydrogens is 310 g/mol. The summed E-state index contributed by atoms with van der Waals surface area (Å²) in [6.07, 6.45) is 10.3. The summed E-state index contributed by atoms with van der Waals surface area (Å²) in [5.41, 5.74) is 3.79. The van der Waals surface area contributed by atoms with Crippen LogP contribution >= 0.6 is 0 Å². The van der Waals surface area contributed by atoms with E-state index in [1.54, 1.807) is 0 Å². The molecule has 3 aromatic heterocycles. The first-order chi connectivity index (χ1) is 12.2. The van der Waals surface area contributed by atoms with Gasteiger partial charge in [-0.3, -0.25) is 9.88 Å². The molecule has 0 amide bonds. The third kappa shape index (κ3) is 3.24. The molecule has 0 aromatic carbocycles. The van der Waals surface area contributed by atoms with Crippen LogP contribution in [0, 0.1) is 6.92 Å². The second kappa shape index (κ2) is 6.84. The van der Waals surface area contributed by atoms with Crippen LogP contribution in [-0.4, -0.2) is 30.5 Å². The van der Waals surface area contributed by atoms with Crippen LogP contribution in [0.25, 0.3) is 0 Å². The van der Waals surface area contributed by atoms with Gasteiger partial charge in [0.1, 0.15) is 5.82 Å². The van der Waals surface area contributed by atoms with E-state index in [1.807, 2.05) is 24.7 Å². The fourth-order valence-electron chi connectivity index (χ4n) is 3.80. The van der Waals surface area contributed by atoms with E-state index in [4.69, 9.17) is 4.98 Å². The molecule has 0 aliphatic carbocycles. The lowest BCUT2D eigenvalue weighted by molar-refractivity contribution is 0.230. The standard InChI is InChI=1S/C20H25N5/c1-16-12-22-20(25(16)14-17-6-3-9-21-13-17)19-8-5-11-24(19)15-18-7-4-10-23(18)2/h3-4,6-7,9-10,12-13,19H,5,8,11,14-15H2,1-2H3. The van der Waals surface area contributed by atoms with E-state index in [1.165, 1.54) is 35.6 Å². The molecule has 0 N–H and O–H groups in total. The zero-order chi connectivity index (χ0) is 17.2. The molecule has 0 bridgehead atoms. The van der Waals surface area contributed by atoms with Gasteiger partial charge in [0.15, 0.2) is 0 Å². The predicted octanol–water partition coefficient (Wildman–Crippen LogP) is 3.31. The van der Waals surface area contributed by atoms with Crippen LogP contribution in [0.1, 0.15) is 41.7 Å². The van der Waals surface area contributed by atoms with Gasteiger partial charge < -0.3 is 9.13 Å². The van der Waals surface area contributed by atoms with Gasteiger partial charge in [0, 0.05) is 49.8 Å². The highest BCUT2D eigenvalue weighted by Gasteiger charge is 2.30. The third-order valence-electron chi connectivity index (χ3n) is 5.23. The van der Waals surface area contributed by atoms with E-state index in [2.05, 4.69) is 57.4 Å². The molecule has 1 aliphatic heterocycles. The maximum absolute atomic E-state index is 4.79. The summed E-state index contributed by atoms with van der Waals surface area (Å²) in [6.45, 7) is 5.09. The Morgan fingerprint density at radius 3 is 2.84 bits per heavy atom.